The Hall–Kier alpha value is -0.600. The van der Waals surface area contributed by atoms with E-state index in [0.29, 0.717) is 18.4 Å². The van der Waals surface area contributed by atoms with Crippen molar-refractivity contribution in [1.82, 2.24) is 0 Å². The van der Waals surface area contributed by atoms with E-state index in [0.717, 1.165) is 25.7 Å². The van der Waals surface area contributed by atoms with Crippen molar-refractivity contribution in [1.29, 1.82) is 0 Å². The zero-order valence-corrected chi connectivity index (χ0v) is 14.7. The van der Waals surface area contributed by atoms with Gasteiger partial charge in [0.25, 0.3) is 0 Å². The number of fused-ring (bicyclic) bond motifs is 1. The third-order valence-electron chi connectivity index (χ3n) is 6.77. The fourth-order valence-electron chi connectivity index (χ4n) is 5.44. The summed E-state index contributed by atoms with van der Waals surface area (Å²) in [5.41, 5.74) is 3.06. The average molecular weight is 306 g/mol. The summed E-state index contributed by atoms with van der Waals surface area (Å²) in [4.78, 5) is 0. The molecule has 2 aliphatic carbocycles. The van der Waals surface area contributed by atoms with Gasteiger partial charge in [0.2, 0.25) is 0 Å². The predicted octanol–water partition coefficient (Wildman–Crippen LogP) is 4.48. The van der Waals surface area contributed by atoms with Crippen LogP contribution in [-0.2, 0) is 0 Å². The van der Waals surface area contributed by atoms with Crippen LogP contribution >= 0.6 is 0 Å². The monoisotopic (exact) mass is 306 g/mol. The molecule has 2 saturated carbocycles. The summed E-state index contributed by atoms with van der Waals surface area (Å²) in [5.74, 6) is 1.16. The molecule has 2 fully saturated rings. The normalized spacial score (nSPS) is 39.7. The van der Waals surface area contributed by atoms with Gasteiger partial charge in [0.15, 0.2) is 0 Å². The number of allylic oxidation sites excluding steroid dienone is 2. The minimum atomic E-state index is 0.0853. The first kappa shape index (κ1) is 17.7. The van der Waals surface area contributed by atoms with Gasteiger partial charge in [-0.25, -0.2) is 0 Å². The van der Waals surface area contributed by atoms with E-state index in [1.807, 2.05) is 6.08 Å². The van der Waals surface area contributed by atoms with Gasteiger partial charge in [0.05, 0.1) is 6.61 Å². The highest BCUT2D eigenvalue weighted by molar-refractivity contribution is 5.17. The first-order chi connectivity index (χ1) is 10.4. The molecular formula is C20H34O2. The number of hydrogen-bond donors (Lipinski definition) is 2. The molecule has 0 spiro atoms. The summed E-state index contributed by atoms with van der Waals surface area (Å²) in [5, 5.41) is 19.0. The topological polar surface area (TPSA) is 40.5 Å². The molecule has 2 heteroatoms. The van der Waals surface area contributed by atoms with E-state index in [-0.39, 0.29) is 17.4 Å². The minimum absolute atomic E-state index is 0.0853. The van der Waals surface area contributed by atoms with Crippen molar-refractivity contribution in [2.75, 3.05) is 13.2 Å². The average Bonchev–Trinajstić information content (AvgIpc) is 2.46. The van der Waals surface area contributed by atoms with Crippen molar-refractivity contribution in [2.45, 2.75) is 65.7 Å². The third-order valence-corrected chi connectivity index (χ3v) is 6.77. The molecule has 0 aromatic rings. The van der Waals surface area contributed by atoms with E-state index in [1.165, 1.54) is 30.4 Å². The van der Waals surface area contributed by atoms with Gasteiger partial charge in [-0.1, -0.05) is 44.1 Å². The van der Waals surface area contributed by atoms with Crippen molar-refractivity contribution in [3.63, 3.8) is 0 Å². The number of rotatable bonds is 5. The van der Waals surface area contributed by atoms with Crippen molar-refractivity contribution in [3.05, 3.63) is 23.8 Å². The van der Waals surface area contributed by atoms with Crippen molar-refractivity contribution in [3.8, 4) is 0 Å². The molecule has 0 bridgehead atoms. The lowest BCUT2D eigenvalue weighted by Crippen LogP contribution is -2.51. The van der Waals surface area contributed by atoms with Gasteiger partial charge in [-0.15, -0.1) is 0 Å². The van der Waals surface area contributed by atoms with Crippen LogP contribution in [0.25, 0.3) is 0 Å². The van der Waals surface area contributed by atoms with Crippen LogP contribution in [0, 0.1) is 22.7 Å². The number of hydrogen-bond acceptors (Lipinski definition) is 2. The lowest BCUT2D eigenvalue weighted by Gasteiger charge is -2.58. The molecule has 2 N–H and O–H groups in total. The second-order valence-electron chi connectivity index (χ2n) is 8.25. The van der Waals surface area contributed by atoms with Gasteiger partial charge in [0.1, 0.15) is 0 Å². The standard InChI is InChI=1S/C20H34O2/c1-15(10-13-21)6-8-17-16(2)7-9-18-19(3,14-22)11-5-12-20(17,18)4/h10,17-18,21-22H,2,5-9,11-14H2,1,3-4H3/b15-10+/t17-,18-,19+,20+/m1/s1. The summed E-state index contributed by atoms with van der Waals surface area (Å²) in [6.07, 6.45) is 10.0. The lowest BCUT2D eigenvalue weighted by atomic mass is 9.47. The zero-order chi connectivity index (χ0) is 16.4. The zero-order valence-electron chi connectivity index (χ0n) is 14.7. The van der Waals surface area contributed by atoms with Crippen molar-refractivity contribution in [2.24, 2.45) is 22.7 Å². The van der Waals surface area contributed by atoms with E-state index in [9.17, 15) is 5.11 Å². The second-order valence-corrected chi connectivity index (χ2v) is 8.25. The SMILES string of the molecule is C=C1CC[C@@H]2[C@](C)(CO)CCC[C@@]2(C)[C@@H]1CC/C(C)=C/CO. The Morgan fingerprint density at radius 1 is 1.32 bits per heavy atom. The Kier molecular flexibility index (Phi) is 5.55. The maximum atomic E-state index is 9.98. The van der Waals surface area contributed by atoms with Gasteiger partial charge < -0.3 is 10.2 Å². The maximum absolute atomic E-state index is 9.98. The van der Waals surface area contributed by atoms with E-state index in [2.05, 4.69) is 27.4 Å². The molecular weight excluding hydrogens is 272 g/mol. The summed E-state index contributed by atoms with van der Waals surface area (Å²) >= 11 is 0. The second kappa shape index (κ2) is 6.88. The summed E-state index contributed by atoms with van der Waals surface area (Å²) in [6.45, 7) is 11.7. The van der Waals surface area contributed by atoms with E-state index in [4.69, 9.17) is 5.11 Å². The molecule has 22 heavy (non-hydrogen) atoms. The maximum Gasteiger partial charge on any atom is 0.0614 e. The first-order valence-electron chi connectivity index (χ1n) is 8.92. The Bertz CT molecular complexity index is 439. The van der Waals surface area contributed by atoms with Gasteiger partial charge in [-0.05, 0) is 68.1 Å². The van der Waals surface area contributed by atoms with E-state index >= 15 is 0 Å². The molecule has 0 aliphatic heterocycles. The molecule has 0 aromatic heterocycles. The fraction of sp³-hybridized carbons (Fsp3) is 0.800. The summed E-state index contributed by atoms with van der Waals surface area (Å²) in [7, 11) is 0. The largest absolute Gasteiger partial charge is 0.396 e. The smallest absolute Gasteiger partial charge is 0.0614 e. The van der Waals surface area contributed by atoms with Crippen LogP contribution in [0.3, 0.4) is 0 Å². The van der Waals surface area contributed by atoms with Crippen LogP contribution in [0.5, 0.6) is 0 Å². The molecule has 0 amide bonds. The highest BCUT2D eigenvalue weighted by Crippen LogP contribution is 2.61. The highest BCUT2D eigenvalue weighted by atomic mass is 16.3. The Balaban J connectivity index is 2.20. The molecule has 0 radical (unpaired) electrons. The van der Waals surface area contributed by atoms with Crippen molar-refractivity contribution >= 4 is 0 Å². The van der Waals surface area contributed by atoms with Crippen LogP contribution in [0.1, 0.15) is 65.7 Å². The molecule has 0 saturated heterocycles. The van der Waals surface area contributed by atoms with E-state index in [1.54, 1.807) is 0 Å². The quantitative estimate of drug-likeness (QED) is 0.735. The van der Waals surface area contributed by atoms with Crippen LogP contribution in [0.2, 0.25) is 0 Å². The lowest BCUT2D eigenvalue weighted by molar-refractivity contribution is -0.0858. The van der Waals surface area contributed by atoms with Gasteiger partial charge in [-0.2, -0.15) is 0 Å². The first-order valence-corrected chi connectivity index (χ1v) is 8.92. The number of aliphatic hydroxyl groups excluding tert-OH is 2. The summed E-state index contributed by atoms with van der Waals surface area (Å²) < 4.78 is 0. The Morgan fingerprint density at radius 3 is 2.68 bits per heavy atom. The highest BCUT2D eigenvalue weighted by Gasteiger charge is 2.53. The van der Waals surface area contributed by atoms with E-state index < -0.39 is 0 Å². The molecule has 2 nitrogen and oxygen atoms in total. The molecule has 4 atom stereocenters. The Morgan fingerprint density at radius 2 is 2.05 bits per heavy atom. The fourth-order valence-corrected chi connectivity index (χ4v) is 5.44. The summed E-state index contributed by atoms with van der Waals surface area (Å²) in [6, 6.07) is 0. The van der Waals surface area contributed by atoms with Gasteiger partial charge >= 0.3 is 0 Å². The predicted molar refractivity (Wildman–Crippen MR) is 92.6 cm³/mol. The minimum Gasteiger partial charge on any atom is -0.396 e. The molecule has 0 unspecified atom stereocenters. The molecule has 0 aromatic carbocycles. The van der Waals surface area contributed by atoms with Gasteiger partial charge in [0, 0.05) is 6.61 Å². The molecule has 2 aliphatic rings. The van der Waals surface area contributed by atoms with Crippen LogP contribution in [0.4, 0.5) is 0 Å². The van der Waals surface area contributed by atoms with Crippen LogP contribution in [0.15, 0.2) is 23.8 Å². The van der Waals surface area contributed by atoms with Crippen LogP contribution in [-0.4, -0.2) is 23.4 Å². The molecule has 0 heterocycles. The Labute approximate surface area is 136 Å². The van der Waals surface area contributed by atoms with Crippen LogP contribution < -0.4 is 0 Å². The number of aliphatic hydroxyl groups is 2. The molecule has 126 valence electrons. The third kappa shape index (κ3) is 3.19. The van der Waals surface area contributed by atoms with Crippen molar-refractivity contribution < 1.29 is 10.2 Å². The van der Waals surface area contributed by atoms with Gasteiger partial charge in [-0.3, -0.25) is 0 Å². The molecule has 2 rings (SSSR count).